The number of anilines is 1. The van der Waals surface area contributed by atoms with Gasteiger partial charge in [0.1, 0.15) is 5.82 Å². The number of aromatic nitrogens is 1. The number of rotatable bonds is 1. The predicted molar refractivity (Wildman–Crippen MR) is 42.5 cm³/mol. The Hall–Kier alpha value is -0.830. The molecule has 0 spiro atoms. The predicted octanol–water partition coefficient (Wildman–Crippen LogP) is 1.46. The minimum Gasteiger partial charge on any atom is -0.385 e. The first kappa shape index (κ1) is 6.29. The zero-order chi connectivity index (χ0) is 6.85. The van der Waals surface area contributed by atoms with E-state index in [-0.39, 0.29) is 0 Å². The lowest BCUT2D eigenvalue weighted by Crippen LogP contribution is -1.93. The molecular formula is C6H8N2S. The number of hydrogen-bond donors (Lipinski definition) is 2. The summed E-state index contributed by atoms with van der Waals surface area (Å²) in [5.74, 6) is 0.662. The monoisotopic (exact) mass is 140 g/mol. The van der Waals surface area contributed by atoms with Gasteiger partial charge in [-0.1, -0.05) is 6.58 Å². The van der Waals surface area contributed by atoms with Gasteiger partial charge < -0.3 is 5.73 Å². The van der Waals surface area contributed by atoms with Crippen LogP contribution in [0.5, 0.6) is 0 Å². The summed E-state index contributed by atoms with van der Waals surface area (Å²) < 4.78 is 1.70. The molecule has 1 heterocycles. The molecule has 0 radical (unpaired) electrons. The molecule has 9 heavy (non-hydrogen) atoms. The maximum atomic E-state index is 5.49. The molecule has 0 amide bonds. The lowest BCUT2D eigenvalue weighted by atomic mass is 10.6. The number of nitrogen functional groups attached to an aromatic ring is 1. The highest BCUT2D eigenvalue weighted by Crippen LogP contribution is 2.13. The fraction of sp³-hybridized carbons (Fsp3) is 0. The van der Waals surface area contributed by atoms with Gasteiger partial charge in [-0.2, -0.15) is 0 Å². The van der Waals surface area contributed by atoms with Crippen molar-refractivity contribution >= 4 is 24.6 Å². The van der Waals surface area contributed by atoms with E-state index in [1.165, 1.54) is 0 Å². The molecule has 48 valence electrons. The second-order valence-corrected chi connectivity index (χ2v) is 2.13. The molecule has 0 aliphatic rings. The van der Waals surface area contributed by atoms with Crippen LogP contribution in [0.3, 0.4) is 0 Å². The zero-order valence-corrected chi connectivity index (χ0v) is 5.81. The molecule has 0 aliphatic heterocycles. The zero-order valence-electron chi connectivity index (χ0n) is 4.91. The Labute approximate surface area is 59.4 Å². The first-order valence-electron chi connectivity index (χ1n) is 2.54. The Kier molecular flexibility index (Phi) is 1.53. The largest absolute Gasteiger partial charge is 0.385 e. The molecule has 0 saturated carbocycles. The highest BCUT2D eigenvalue weighted by molar-refractivity contribution is 7.80. The molecule has 0 fully saturated rings. The average Bonchev–Trinajstić information content (AvgIpc) is 2.12. The topological polar surface area (TPSA) is 30.9 Å². The summed E-state index contributed by atoms with van der Waals surface area (Å²) >= 11 is 4.11. The third kappa shape index (κ3) is 0.954. The van der Waals surface area contributed by atoms with Crippen LogP contribution in [0.25, 0.3) is 6.20 Å². The Morgan fingerprint density at radius 1 is 1.67 bits per heavy atom. The van der Waals surface area contributed by atoms with E-state index in [9.17, 15) is 0 Å². The Morgan fingerprint density at radius 3 is 2.56 bits per heavy atom. The smallest absolute Gasteiger partial charge is 0.108 e. The Morgan fingerprint density at radius 2 is 2.33 bits per heavy atom. The first-order valence-corrected chi connectivity index (χ1v) is 2.98. The van der Waals surface area contributed by atoms with E-state index in [1.807, 2.05) is 6.07 Å². The van der Waals surface area contributed by atoms with Gasteiger partial charge in [-0.05, 0) is 12.1 Å². The van der Waals surface area contributed by atoms with E-state index in [2.05, 4.69) is 19.2 Å². The third-order valence-electron chi connectivity index (χ3n) is 1.11. The maximum absolute atomic E-state index is 5.49. The van der Waals surface area contributed by atoms with E-state index in [4.69, 9.17) is 5.73 Å². The molecule has 0 bridgehead atoms. The van der Waals surface area contributed by atoms with Crippen LogP contribution in [0.2, 0.25) is 0 Å². The maximum Gasteiger partial charge on any atom is 0.108 e. The van der Waals surface area contributed by atoms with E-state index < -0.39 is 0 Å². The van der Waals surface area contributed by atoms with Gasteiger partial charge in [0.2, 0.25) is 0 Å². The van der Waals surface area contributed by atoms with Crippen molar-refractivity contribution in [2.24, 2.45) is 0 Å². The molecule has 2 nitrogen and oxygen atoms in total. The van der Waals surface area contributed by atoms with E-state index in [0.29, 0.717) is 5.82 Å². The molecule has 0 aromatic carbocycles. The summed E-state index contributed by atoms with van der Waals surface area (Å²) in [6.45, 7) is 3.56. The van der Waals surface area contributed by atoms with Crippen LogP contribution in [-0.4, -0.2) is 4.57 Å². The Bertz CT molecular complexity index is 207. The Balaban J connectivity index is 3.22. The van der Waals surface area contributed by atoms with E-state index in [0.717, 1.165) is 5.03 Å². The van der Waals surface area contributed by atoms with Crippen molar-refractivity contribution in [3.8, 4) is 0 Å². The van der Waals surface area contributed by atoms with E-state index in [1.54, 1.807) is 16.8 Å². The summed E-state index contributed by atoms with van der Waals surface area (Å²) in [5, 5.41) is 0.808. The molecule has 2 N–H and O–H groups in total. The SMILES string of the molecule is C=Cn1c(N)ccc1S. The van der Waals surface area contributed by atoms with Gasteiger partial charge in [-0.15, -0.1) is 12.6 Å². The molecule has 3 heteroatoms. The molecule has 1 rings (SSSR count). The lowest BCUT2D eigenvalue weighted by molar-refractivity contribution is 1.04. The van der Waals surface area contributed by atoms with Crippen LogP contribution in [0, 0.1) is 0 Å². The number of thiol groups is 1. The van der Waals surface area contributed by atoms with Crippen LogP contribution < -0.4 is 5.73 Å². The molecule has 0 unspecified atom stereocenters. The fourth-order valence-corrected chi connectivity index (χ4v) is 0.923. The molecule has 0 saturated heterocycles. The minimum atomic E-state index is 0.662. The van der Waals surface area contributed by atoms with Gasteiger partial charge in [0.15, 0.2) is 0 Å². The summed E-state index contributed by atoms with van der Waals surface area (Å²) in [6.07, 6.45) is 1.62. The van der Waals surface area contributed by atoms with Crippen molar-refractivity contribution < 1.29 is 0 Å². The van der Waals surface area contributed by atoms with Crippen molar-refractivity contribution in [3.63, 3.8) is 0 Å². The average molecular weight is 140 g/mol. The second-order valence-electron chi connectivity index (χ2n) is 1.67. The number of nitrogens with two attached hydrogens (primary N) is 1. The highest BCUT2D eigenvalue weighted by atomic mass is 32.1. The van der Waals surface area contributed by atoms with E-state index >= 15 is 0 Å². The van der Waals surface area contributed by atoms with Crippen LogP contribution in [0.4, 0.5) is 5.82 Å². The molecule has 1 aromatic rings. The normalized spacial score (nSPS) is 9.44. The van der Waals surface area contributed by atoms with Crippen LogP contribution in [0.15, 0.2) is 23.7 Å². The van der Waals surface area contributed by atoms with Crippen molar-refractivity contribution in [3.05, 3.63) is 18.7 Å². The van der Waals surface area contributed by atoms with Crippen LogP contribution >= 0.6 is 12.6 Å². The van der Waals surface area contributed by atoms with Gasteiger partial charge >= 0.3 is 0 Å². The standard InChI is InChI=1S/C6H8N2S/c1-2-8-5(7)3-4-6(8)9/h2-4,9H,1,7H2. The quantitative estimate of drug-likeness (QED) is 0.568. The molecule has 0 aliphatic carbocycles. The summed E-state index contributed by atoms with van der Waals surface area (Å²) in [6, 6.07) is 3.60. The molecule has 1 aromatic heterocycles. The first-order chi connectivity index (χ1) is 4.25. The van der Waals surface area contributed by atoms with Crippen molar-refractivity contribution in [1.82, 2.24) is 4.57 Å². The summed E-state index contributed by atoms with van der Waals surface area (Å²) in [7, 11) is 0. The second kappa shape index (κ2) is 2.19. The number of nitrogens with zero attached hydrogens (tertiary/aromatic N) is 1. The molecule has 0 atom stereocenters. The van der Waals surface area contributed by atoms with Gasteiger partial charge in [0, 0.05) is 6.20 Å². The summed E-state index contributed by atoms with van der Waals surface area (Å²) in [4.78, 5) is 0. The van der Waals surface area contributed by atoms with Crippen LogP contribution in [-0.2, 0) is 0 Å². The van der Waals surface area contributed by atoms with Crippen molar-refractivity contribution in [2.75, 3.05) is 5.73 Å². The lowest BCUT2D eigenvalue weighted by Gasteiger charge is -1.97. The van der Waals surface area contributed by atoms with Crippen molar-refractivity contribution in [1.29, 1.82) is 0 Å². The molecular weight excluding hydrogens is 132 g/mol. The fourth-order valence-electron chi connectivity index (χ4n) is 0.652. The number of hydrogen-bond acceptors (Lipinski definition) is 2. The third-order valence-corrected chi connectivity index (χ3v) is 1.48. The highest BCUT2D eigenvalue weighted by Gasteiger charge is 1.94. The minimum absolute atomic E-state index is 0.662. The van der Waals surface area contributed by atoms with Crippen molar-refractivity contribution in [2.45, 2.75) is 5.03 Å². The van der Waals surface area contributed by atoms with Gasteiger partial charge in [-0.25, -0.2) is 0 Å². The van der Waals surface area contributed by atoms with Gasteiger partial charge in [0.05, 0.1) is 5.03 Å². The summed E-state index contributed by atoms with van der Waals surface area (Å²) in [5.41, 5.74) is 5.49. The van der Waals surface area contributed by atoms with Crippen LogP contribution in [0.1, 0.15) is 0 Å². The van der Waals surface area contributed by atoms with Gasteiger partial charge in [-0.3, -0.25) is 4.57 Å². The van der Waals surface area contributed by atoms with Gasteiger partial charge in [0.25, 0.3) is 0 Å².